The van der Waals surface area contributed by atoms with Gasteiger partial charge in [0.1, 0.15) is 5.82 Å². The molecule has 0 aliphatic carbocycles. The Morgan fingerprint density at radius 2 is 2.05 bits per heavy atom. The highest BCUT2D eigenvalue weighted by atomic mass is 79.9. The molecule has 1 aliphatic rings. The molecule has 0 saturated carbocycles. The third-order valence-electron chi connectivity index (χ3n) is 2.99. The molecule has 1 aromatic heterocycles. The first kappa shape index (κ1) is 12.1. The van der Waals surface area contributed by atoms with Crippen molar-refractivity contribution in [1.29, 1.82) is 0 Å². The first-order valence-corrected chi connectivity index (χ1v) is 6.61. The van der Waals surface area contributed by atoms with Gasteiger partial charge in [-0.05, 0) is 24.3 Å². The van der Waals surface area contributed by atoms with Gasteiger partial charge in [-0.2, -0.15) is 0 Å². The van der Waals surface area contributed by atoms with Crippen molar-refractivity contribution in [3.05, 3.63) is 34.8 Å². The molecule has 0 unspecified atom stereocenters. The average Bonchev–Trinajstić information content (AvgIpc) is 2.38. The lowest BCUT2D eigenvalue weighted by atomic mass is 10.2. The van der Waals surface area contributed by atoms with Crippen molar-refractivity contribution < 1.29 is 9.59 Å². The number of imide groups is 1. The number of anilines is 1. The SMILES string of the molecule is O=C1CCN(c2ccc3c(Br)cccc3n2)C(=O)N1. The van der Waals surface area contributed by atoms with Crippen LogP contribution in [0.3, 0.4) is 0 Å². The zero-order valence-electron chi connectivity index (χ0n) is 9.89. The highest BCUT2D eigenvalue weighted by molar-refractivity contribution is 9.10. The molecule has 0 bridgehead atoms. The number of hydrogen-bond acceptors (Lipinski definition) is 3. The molecule has 5 nitrogen and oxygen atoms in total. The van der Waals surface area contributed by atoms with E-state index in [1.165, 1.54) is 4.90 Å². The van der Waals surface area contributed by atoms with Crippen LogP contribution in [0, 0.1) is 0 Å². The lowest BCUT2D eigenvalue weighted by Crippen LogP contribution is -2.49. The number of fused-ring (bicyclic) bond motifs is 1. The van der Waals surface area contributed by atoms with E-state index in [4.69, 9.17) is 0 Å². The summed E-state index contributed by atoms with van der Waals surface area (Å²) >= 11 is 3.46. The molecular weight excluding hydrogens is 310 g/mol. The van der Waals surface area contributed by atoms with Crippen molar-refractivity contribution >= 4 is 44.6 Å². The molecular formula is C13H10BrN3O2. The number of urea groups is 1. The minimum atomic E-state index is -0.418. The first-order valence-electron chi connectivity index (χ1n) is 5.82. The minimum Gasteiger partial charge on any atom is -0.278 e. The van der Waals surface area contributed by atoms with Gasteiger partial charge in [-0.3, -0.25) is 15.0 Å². The van der Waals surface area contributed by atoms with Crippen LogP contribution in [0.4, 0.5) is 10.6 Å². The predicted molar refractivity (Wildman–Crippen MR) is 74.9 cm³/mol. The molecule has 1 fully saturated rings. The van der Waals surface area contributed by atoms with E-state index in [1.807, 2.05) is 24.3 Å². The Labute approximate surface area is 117 Å². The van der Waals surface area contributed by atoms with Crippen LogP contribution in [0.1, 0.15) is 6.42 Å². The fraction of sp³-hybridized carbons (Fsp3) is 0.154. The topological polar surface area (TPSA) is 62.3 Å². The number of carbonyl (C=O) groups is 2. The maximum absolute atomic E-state index is 11.8. The van der Waals surface area contributed by atoms with Crippen LogP contribution in [0.25, 0.3) is 10.9 Å². The van der Waals surface area contributed by atoms with Crippen molar-refractivity contribution in [2.24, 2.45) is 0 Å². The highest BCUT2D eigenvalue weighted by Gasteiger charge is 2.25. The fourth-order valence-electron chi connectivity index (χ4n) is 2.04. The van der Waals surface area contributed by atoms with Gasteiger partial charge >= 0.3 is 6.03 Å². The van der Waals surface area contributed by atoms with Gasteiger partial charge in [0.25, 0.3) is 0 Å². The molecule has 2 aromatic rings. The number of pyridine rings is 1. The van der Waals surface area contributed by atoms with E-state index in [0.717, 1.165) is 15.4 Å². The van der Waals surface area contributed by atoms with Gasteiger partial charge in [0, 0.05) is 22.8 Å². The van der Waals surface area contributed by atoms with E-state index >= 15 is 0 Å². The second-order valence-corrected chi connectivity index (χ2v) is 5.09. The van der Waals surface area contributed by atoms with Gasteiger partial charge < -0.3 is 0 Å². The smallest absolute Gasteiger partial charge is 0.278 e. The Morgan fingerprint density at radius 3 is 2.84 bits per heavy atom. The zero-order valence-corrected chi connectivity index (χ0v) is 11.5. The molecule has 3 amide bonds. The van der Waals surface area contributed by atoms with Crippen LogP contribution >= 0.6 is 15.9 Å². The standard InChI is InChI=1S/C13H10BrN3O2/c14-9-2-1-3-10-8(9)4-5-11(15-10)17-7-6-12(18)16-13(17)19/h1-5H,6-7H2,(H,16,18,19). The average molecular weight is 320 g/mol. The molecule has 19 heavy (non-hydrogen) atoms. The summed E-state index contributed by atoms with van der Waals surface area (Å²) in [5, 5.41) is 3.27. The van der Waals surface area contributed by atoms with Crippen LogP contribution in [0.2, 0.25) is 0 Å². The largest absolute Gasteiger partial charge is 0.329 e. The van der Waals surface area contributed by atoms with Gasteiger partial charge in [0.15, 0.2) is 0 Å². The summed E-state index contributed by atoms with van der Waals surface area (Å²) in [5.41, 5.74) is 0.802. The van der Waals surface area contributed by atoms with E-state index in [-0.39, 0.29) is 5.91 Å². The molecule has 0 atom stereocenters. The molecule has 0 radical (unpaired) electrons. The number of carbonyl (C=O) groups excluding carboxylic acids is 2. The van der Waals surface area contributed by atoms with Gasteiger partial charge in [-0.25, -0.2) is 9.78 Å². The monoisotopic (exact) mass is 319 g/mol. The van der Waals surface area contributed by atoms with Crippen LogP contribution in [0.15, 0.2) is 34.8 Å². The summed E-state index contributed by atoms with van der Waals surface area (Å²) in [5.74, 6) is 0.306. The Kier molecular flexibility index (Phi) is 2.94. The number of hydrogen-bond donors (Lipinski definition) is 1. The third kappa shape index (κ3) is 2.19. The summed E-state index contributed by atoms with van der Waals surface area (Å²) in [4.78, 5) is 28.8. The first-order chi connectivity index (χ1) is 9.15. The lowest BCUT2D eigenvalue weighted by molar-refractivity contribution is -0.120. The Hall–Kier alpha value is -1.95. The lowest BCUT2D eigenvalue weighted by Gasteiger charge is -2.25. The zero-order chi connectivity index (χ0) is 13.4. The number of aromatic nitrogens is 1. The second-order valence-electron chi connectivity index (χ2n) is 4.23. The quantitative estimate of drug-likeness (QED) is 0.878. The molecule has 1 aliphatic heterocycles. The number of nitrogens with one attached hydrogen (secondary N) is 1. The Bertz CT molecular complexity index is 687. The maximum Gasteiger partial charge on any atom is 0.329 e. The van der Waals surface area contributed by atoms with Crippen molar-refractivity contribution in [2.45, 2.75) is 6.42 Å². The molecule has 1 N–H and O–H groups in total. The second kappa shape index (κ2) is 4.62. The molecule has 2 heterocycles. The number of benzene rings is 1. The molecule has 1 saturated heterocycles. The molecule has 3 rings (SSSR count). The molecule has 96 valence electrons. The number of halogens is 1. The summed E-state index contributed by atoms with van der Waals surface area (Å²) in [6.45, 7) is 0.358. The third-order valence-corrected chi connectivity index (χ3v) is 3.69. The molecule has 1 aromatic carbocycles. The maximum atomic E-state index is 11.8. The van der Waals surface area contributed by atoms with Gasteiger partial charge in [-0.15, -0.1) is 0 Å². The van der Waals surface area contributed by atoms with Crippen LogP contribution in [-0.2, 0) is 4.79 Å². The number of amides is 3. The highest BCUT2D eigenvalue weighted by Crippen LogP contribution is 2.25. The normalized spacial score (nSPS) is 15.7. The minimum absolute atomic E-state index is 0.246. The van der Waals surface area contributed by atoms with Crippen molar-refractivity contribution in [1.82, 2.24) is 10.3 Å². The summed E-state index contributed by atoms with van der Waals surface area (Å²) in [6, 6.07) is 8.99. The predicted octanol–water partition coefficient (Wildman–Crippen LogP) is 2.44. The van der Waals surface area contributed by atoms with Crippen molar-refractivity contribution in [3.63, 3.8) is 0 Å². The Balaban J connectivity index is 2.02. The van der Waals surface area contributed by atoms with Gasteiger partial charge in [0.2, 0.25) is 5.91 Å². The van der Waals surface area contributed by atoms with E-state index in [2.05, 4.69) is 26.2 Å². The van der Waals surface area contributed by atoms with Crippen LogP contribution in [-0.4, -0.2) is 23.5 Å². The Morgan fingerprint density at radius 1 is 1.21 bits per heavy atom. The van der Waals surface area contributed by atoms with Crippen LogP contribution < -0.4 is 10.2 Å². The van der Waals surface area contributed by atoms with Gasteiger partial charge in [-0.1, -0.05) is 22.0 Å². The van der Waals surface area contributed by atoms with Crippen molar-refractivity contribution in [3.8, 4) is 0 Å². The number of nitrogens with zero attached hydrogens (tertiary/aromatic N) is 2. The molecule has 6 heteroatoms. The summed E-state index contributed by atoms with van der Waals surface area (Å²) in [6.07, 6.45) is 0.296. The van der Waals surface area contributed by atoms with Gasteiger partial charge in [0.05, 0.1) is 5.52 Å². The van der Waals surface area contributed by atoms with Crippen LogP contribution in [0.5, 0.6) is 0 Å². The van der Waals surface area contributed by atoms with E-state index < -0.39 is 6.03 Å². The van der Waals surface area contributed by atoms with E-state index in [9.17, 15) is 9.59 Å². The van der Waals surface area contributed by atoms with E-state index in [1.54, 1.807) is 6.07 Å². The van der Waals surface area contributed by atoms with E-state index in [0.29, 0.717) is 18.8 Å². The number of rotatable bonds is 1. The summed E-state index contributed by atoms with van der Waals surface area (Å²) in [7, 11) is 0. The molecule has 0 spiro atoms. The summed E-state index contributed by atoms with van der Waals surface area (Å²) < 4.78 is 0.960. The van der Waals surface area contributed by atoms with Crippen molar-refractivity contribution in [2.75, 3.05) is 11.4 Å². The fourth-order valence-corrected chi connectivity index (χ4v) is 2.53.